The lowest BCUT2D eigenvalue weighted by atomic mass is 9.87. The largest absolute Gasteiger partial charge is 0.508 e. The second-order valence-corrected chi connectivity index (χ2v) is 13.4. The number of esters is 1. The Morgan fingerprint density at radius 1 is 0.923 bits per heavy atom. The van der Waals surface area contributed by atoms with E-state index in [1.54, 1.807) is 45.6 Å². The Kier molecular flexibility index (Phi) is 15.7. The summed E-state index contributed by atoms with van der Waals surface area (Å²) in [6, 6.07) is 10.9. The van der Waals surface area contributed by atoms with Crippen LogP contribution in [0.15, 0.2) is 72.8 Å². The third-order valence-corrected chi connectivity index (χ3v) is 9.66. The van der Waals surface area contributed by atoms with Crippen LogP contribution in [0.2, 0.25) is 0 Å². The number of methoxy groups -OCH3 is 3. The van der Waals surface area contributed by atoms with E-state index in [1.807, 2.05) is 50.3 Å². The highest BCUT2D eigenvalue weighted by Crippen LogP contribution is 2.25. The van der Waals surface area contributed by atoms with Crippen molar-refractivity contribution in [1.29, 1.82) is 0 Å². The number of ether oxygens (including phenoxy) is 4. The fourth-order valence-corrected chi connectivity index (χ4v) is 6.70. The number of hydrogen-bond donors (Lipinski definition) is 5. The number of carbonyl (C=O) groups is 3. The minimum atomic E-state index is -1.20. The number of nitrogens with zero attached hydrogens (tertiary/aromatic N) is 1. The number of benzene rings is 2. The van der Waals surface area contributed by atoms with E-state index >= 15 is 0 Å². The molecule has 8 unspecified atom stereocenters. The van der Waals surface area contributed by atoms with Gasteiger partial charge >= 0.3 is 5.97 Å². The van der Waals surface area contributed by atoms with Gasteiger partial charge in [-0.25, -0.2) is 5.43 Å². The molecule has 13 heteroatoms. The van der Waals surface area contributed by atoms with Gasteiger partial charge in [0.25, 0.3) is 5.91 Å². The van der Waals surface area contributed by atoms with Crippen molar-refractivity contribution in [1.82, 2.24) is 21.1 Å². The smallest absolute Gasteiger partial charge is 0.324 e. The minimum Gasteiger partial charge on any atom is -0.508 e. The molecular formula is C39H54N4O9. The highest BCUT2D eigenvalue weighted by Gasteiger charge is 2.37. The van der Waals surface area contributed by atoms with Crippen molar-refractivity contribution in [3.63, 3.8) is 0 Å². The van der Waals surface area contributed by atoms with Crippen LogP contribution in [0.3, 0.4) is 0 Å². The topological polar surface area (TPSA) is 168 Å². The van der Waals surface area contributed by atoms with Gasteiger partial charge in [0.1, 0.15) is 29.8 Å². The first-order chi connectivity index (χ1) is 25.0. The number of allylic oxidation sites excluding steroid dienone is 2. The number of aliphatic hydroxyl groups is 1. The molecule has 2 heterocycles. The van der Waals surface area contributed by atoms with Crippen LogP contribution in [-0.4, -0.2) is 104 Å². The second kappa shape index (κ2) is 20.1. The highest BCUT2D eigenvalue weighted by atomic mass is 16.5. The number of nitrogens with one attached hydrogen (secondary N) is 3. The van der Waals surface area contributed by atoms with Crippen LogP contribution in [0.4, 0.5) is 0 Å². The van der Waals surface area contributed by atoms with Gasteiger partial charge in [-0.15, -0.1) is 0 Å². The predicted octanol–water partition coefficient (Wildman–Crippen LogP) is 2.80. The highest BCUT2D eigenvalue weighted by molar-refractivity contribution is 5.90. The van der Waals surface area contributed by atoms with Crippen LogP contribution >= 0.6 is 0 Å². The summed E-state index contributed by atoms with van der Waals surface area (Å²) in [4.78, 5) is 41.5. The van der Waals surface area contributed by atoms with E-state index in [-0.39, 0.29) is 37.2 Å². The average molecular weight is 723 g/mol. The average Bonchev–Trinajstić information content (AvgIpc) is 3.15. The number of amides is 2. The molecule has 0 radical (unpaired) electrons. The Balaban J connectivity index is 1.70. The quantitative estimate of drug-likeness (QED) is 0.267. The van der Waals surface area contributed by atoms with Crippen molar-refractivity contribution >= 4 is 17.8 Å². The van der Waals surface area contributed by atoms with E-state index in [0.29, 0.717) is 37.1 Å². The van der Waals surface area contributed by atoms with Crippen molar-refractivity contribution < 1.29 is 43.5 Å². The van der Waals surface area contributed by atoms with E-state index in [0.717, 1.165) is 5.56 Å². The summed E-state index contributed by atoms with van der Waals surface area (Å²) in [5.74, 6) is -1.48. The van der Waals surface area contributed by atoms with Gasteiger partial charge in [0.2, 0.25) is 5.91 Å². The lowest BCUT2D eigenvalue weighted by Gasteiger charge is -2.36. The number of cyclic esters (lactones) is 1. The van der Waals surface area contributed by atoms with Crippen LogP contribution in [0, 0.1) is 11.8 Å². The molecule has 0 aliphatic carbocycles. The van der Waals surface area contributed by atoms with Gasteiger partial charge in [-0.2, -0.15) is 0 Å². The zero-order chi connectivity index (χ0) is 37.6. The number of rotatable bonds is 7. The summed E-state index contributed by atoms with van der Waals surface area (Å²) in [5, 5.41) is 29.2. The van der Waals surface area contributed by atoms with E-state index in [1.165, 1.54) is 17.1 Å². The lowest BCUT2D eigenvalue weighted by molar-refractivity contribution is -0.153. The molecule has 5 N–H and O–H groups in total. The number of fused-ring (bicyclic) bond motifs is 2. The number of hydrazine groups is 1. The molecule has 1 saturated heterocycles. The molecule has 2 aliphatic rings. The van der Waals surface area contributed by atoms with Crippen molar-refractivity contribution in [2.45, 2.75) is 82.5 Å². The maximum atomic E-state index is 14.3. The first kappa shape index (κ1) is 40.5. The molecule has 8 atom stereocenters. The van der Waals surface area contributed by atoms with Gasteiger partial charge in [-0.05, 0) is 61.1 Å². The van der Waals surface area contributed by atoms with Crippen LogP contribution in [0.5, 0.6) is 11.5 Å². The van der Waals surface area contributed by atoms with Crippen LogP contribution in [0.1, 0.15) is 44.2 Å². The third-order valence-electron chi connectivity index (χ3n) is 9.66. The molecule has 0 saturated carbocycles. The van der Waals surface area contributed by atoms with Gasteiger partial charge in [-0.1, -0.05) is 62.4 Å². The van der Waals surface area contributed by atoms with Crippen molar-refractivity contribution in [2.24, 2.45) is 11.8 Å². The molecule has 4 rings (SSSR count). The molecule has 52 heavy (non-hydrogen) atoms. The Morgan fingerprint density at radius 3 is 2.37 bits per heavy atom. The molecule has 2 bridgehead atoms. The normalized spacial score (nSPS) is 28.7. The molecular weight excluding hydrogens is 668 g/mol. The maximum Gasteiger partial charge on any atom is 0.324 e. The summed E-state index contributed by atoms with van der Waals surface area (Å²) in [7, 11) is 4.75. The van der Waals surface area contributed by atoms with E-state index < -0.39 is 54.2 Å². The molecule has 2 aromatic rings. The summed E-state index contributed by atoms with van der Waals surface area (Å²) in [5.41, 5.74) is 4.43. The number of aromatic hydroxyl groups is 1. The number of aliphatic hydroxyl groups excluding tert-OH is 1. The molecule has 284 valence electrons. The Bertz CT molecular complexity index is 1520. The SMILES string of the molecule is COc1ccc(CC2NC(O)C(C)C(OC)C(C)C(OC)C=CC=CCCOC(=O)C3CCCN(N3)C(=O)C(Cc3cccc(O)c3)NC2=O)cc1. The molecule has 13 nitrogen and oxygen atoms in total. The molecule has 0 spiro atoms. The summed E-state index contributed by atoms with van der Waals surface area (Å²) < 4.78 is 22.5. The summed E-state index contributed by atoms with van der Waals surface area (Å²) in [6.07, 6.45) is 7.21. The van der Waals surface area contributed by atoms with Gasteiger partial charge < -0.3 is 34.5 Å². The summed E-state index contributed by atoms with van der Waals surface area (Å²) in [6.45, 7) is 4.29. The second-order valence-electron chi connectivity index (χ2n) is 13.4. The lowest BCUT2D eigenvalue weighted by Crippen LogP contribution is -2.62. The zero-order valence-electron chi connectivity index (χ0n) is 30.7. The Labute approximate surface area is 306 Å². The van der Waals surface area contributed by atoms with Crippen molar-refractivity contribution in [2.75, 3.05) is 34.5 Å². The number of phenols is 1. The fourth-order valence-electron chi connectivity index (χ4n) is 6.70. The predicted molar refractivity (Wildman–Crippen MR) is 195 cm³/mol. The number of carbonyl (C=O) groups excluding carboxylic acids is 3. The van der Waals surface area contributed by atoms with Gasteiger partial charge in [-0.3, -0.25) is 24.7 Å². The van der Waals surface area contributed by atoms with E-state index in [4.69, 9.17) is 18.9 Å². The molecule has 2 amide bonds. The van der Waals surface area contributed by atoms with Crippen LogP contribution < -0.4 is 20.8 Å². The Morgan fingerprint density at radius 2 is 1.67 bits per heavy atom. The maximum absolute atomic E-state index is 14.3. The zero-order valence-corrected chi connectivity index (χ0v) is 30.7. The van der Waals surface area contributed by atoms with Crippen LogP contribution in [-0.2, 0) is 41.4 Å². The minimum absolute atomic E-state index is 0.0210. The van der Waals surface area contributed by atoms with Gasteiger partial charge in [0, 0.05) is 39.0 Å². The molecule has 2 aromatic carbocycles. The molecule has 0 aromatic heterocycles. The standard InChI is InChI=1S/C39H54N4O9/c1-25-34(50-4)15-8-6-7-9-21-52-39(48)31-14-11-20-43(42-31)38(47)33(24-28-12-10-13-29(44)22-28)41-37(46)32(40-36(45)26(2)35(25)51-5)23-27-16-18-30(49-3)19-17-27/h6-8,10,12-13,15-19,22,25-26,31-36,40,42,44-45H,9,11,14,20-21,23-24H2,1-5H3,(H,41,46). The van der Waals surface area contributed by atoms with Crippen molar-refractivity contribution in [3.8, 4) is 11.5 Å². The monoisotopic (exact) mass is 722 g/mol. The van der Waals surface area contributed by atoms with Crippen LogP contribution in [0.25, 0.3) is 0 Å². The summed E-state index contributed by atoms with van der Waals surface area (Å²) >= 11 is 0. The first-order valence-electron chi connectivity index (χ1n) is 17.8. The van der Waals surface area contributed by atoms with Gasteiger partial charge in [0.05, 0.1) is 32.0 Å². The molecule has 2 aliphatic heterocycles. The third kappa shape index (κ3) is 11.4. The van der Waals surface area contributed by atoms with E-state index in [9.17, 15) is 24.6 Å². The first-order valence-corrected chi connectivity index (χ1v) is 17.8. The van der Waals surface area contributed by atoms with Crippen molar-refractivity contribution in [3.05, 3.63) is 84.0 Å². The molecule has 1 fully saturated rings. The van der Waals surface area contributed by atoms with Gasteiger partial charge in [0.15, 0.2) is 0 Å². The van der Waals surface area contributed by atoms with E-state index in [2.05, 4.69) is 16.1 Å². The number of hydrogen-bond acceptors (Lipinski definition) is 11. The Hall–Kier alpha value is -4.27. The number of phenolic OH excluding ortho intramolecular Hbond substituents is 1. The fraction of sp³-hybridized carbons (Fsp3) is 0.513.